The van der Waals surface area contributed by atoms with E-state index >= 15 is 0 Å². The molecule has 104 valence electrons. The lowest BCUT2D eigenvalue weighted by molar-refractivity contribution is 0.112. The number of nitrogens with zero attached hydrogens (tertiary/aromatic N) is 2. The normalized spacial score (nSPS) is 20.9. The van der Waals surface area contributed by atoms with E-state index in [0.717, 1.165) is 25.1 Å². The molecule has 3 nitrogen and oxygen atoms in total. The minimum absolute atomic E-state index is 0.578. The molecule has 0 amide bonds. The highest BCUT2D eigenvalue weighted by Crippen LogP contribution is 2.46. The van der Waals surface area contributed by atoms with Crippen LogP contribution in [0.1, 0.15) is 54.4 Å². The molecule has 1 saturated carbocycles. The van der Waals surface area contributed by atoms with E-state index in [1.54, 1.807) is 6.07 Å². The summed E-state index contributed by atoms with van der Waals surface area (Å²) in [6.45, 7) is 2.07. The first-order valence-electron chi connectivity index (χ1n) is 7.51. The Labute approximate surface area is 120 Å². The van der Waals surface area contributed by atoms with E-state index in [2.05, 4.69) is 11.0 Å². The fourth-order valence-electron chi connectivity index (χ4n) is 3.84. The Bertz CT molecular complexity index is 543. The van der Waals surface area contributed by atoms with Crippen LogP contribution in [0, 0.1) is 16.7 Å². The molecule has 1 heterocycles. The van der Waals surface area contributed by atoms with Crippen molar-refractivity contribution in [1.29, 1.82) is 5.26 Å². The molecule has 0 unspecified atom stereocenters. The van der Waals surface area contributed by atoms with Crippen LogP contribution in [0.25, 0.3) is 0 Å². The summed E-state index contributed by atoms with van der Waals surface area (Å²) in [7, 11) is 0. The number of anilines is 1. The van der Waals surface area contributed by atoms with Gasteiger partial charge >= 0.3 is 0 Å². The van der Waals surface area contributed by atoms with Crippen LogP contribution in [0.4, 0.5) is 5.69 Å². The Morgan fingerprint density at radius 3 is 2.45 bits per heavy atom. The number of hydrogen-bond donors (Lipinski definition) is 0. The first kappa shape index (κ1) is 13.2. The smallest absolute Gasteiger partial charge is 0.150 e. The molecule has 1 aromatic carbocycles. The highest BCUT2D eigenvalue weighted by atomic mass is 16.1. The summed E-state index contributed by atoms with van der Waals surface area (Å²) in [6, 6.07) is 7.66. The van der Waals surface area contributed by atoms with Gasteiger partial charge in [-0.1, -0.05) is 12.8 Å². The number of aldehydes is 1. The van der Waals surface area contributed by atoms with Gasteiger partial charge in [0.25, 0.3) is 0 Å². The molecule has 1 saturated heterocycles. The standard InChI is InChI=1S/C17H20N2O/c18-12-15-11-14(13-20)3-4-16(15)19-9-7-17(8-10-19)5-1-2-6-17/h3-4,11,13H,1-2,5-10H2. The predicted molar refractivity (Wildman–Crippen MR) is 78.9 cm³/mol. The molecule has 2 fully saturated rings. The van der Waals surface area contributed by atoms with E-state index in [-0.39, 0.29) is 0 Å². The van der Waals surface area contributed by atoms with E-state index < -0.39 is 0 Å². The molecule has 20 heavy (non-hydrogen) atoms. The van der Waals surface area contributed by atoms with E-state index in [9.17, 15) is 10.1 Å². The number of piperidine rings is 1. The molecule has 1 aromatic rings. The second-order valence-electron chi connectivity index (χ2n) is 6.20. The van der Waals surface area contributed by atoms with Gasteiger partial charge in [0, 0.05) is 18.7 Å². The van der Waals surface area contributed by atoms with Crippen molar-refractivity contribution in [1.82, 2.24) is 0 Å². The maximum absolute atomic E-state index is 10.8. The summed E-state index contributed by atoms with van der Waals surface area (Å²) in [5, 5.41) is 9.28. The molecule has 3 rings (SSSR count). The number of carbonyl (C=O) groups excluding carboxylic acids is 1. The highest BCUT2D eigenvalue weighted by molar-refractivity contribution is 5.78. The van der Waals surface area contributed by atoms with Crippen molar-refractivity contribution >= 4 is 12.0 Å². The number of hydrogen-bond acceptors (Lipinski definition) is 3. The molecular formula is C17H20N2O. The van der Waals surface area contributed by atoms with Crippen molar-refractivity contribution in [2.45, 2.75) is 38.5 Å². The minimum atomic E-state index is 0.578. The molecule has 2 aliphatic rings. The van der Waals surface area contributed by atoms with Gasteiger partial charge in [-0.3, -0.25) is 4.79 Å². The van der Waals surface area contributed by atoms with Crippen molar-refractivity contribution in [2.75, 3.05) is 18.0 Å². The lowest BCUT2D eigenvalue weighted by atomic mass is 9.77. The van der Waals surface area contributed by atoms with E-state index in [0.29, 0.717) is 16.5 Å². The largest absolute Gasteiger partial charge is 0.370 e. The molecule has 1 aliphatic heterocycles. The summed E-state index contributed by atoms with van der Waals surface area (Å²) in [4.78, 5) is 13.1. The molecule has 0 N–H and O–H groups in total. The average Bonchev–Trinajstić information content (AvgIpc) is 2.96. The fourth-order valence-corrected chi connectivity index (χ4v) is 3.84. The topological polar surface area (TPSA) is 44.1 Å². The second-order valence-corrected chi connectivity index (χ2v) is 6.20. The number of nitriles is 1. The molecule has 0 atom stereocenters. The maximum Gasteiger partial charge on any atom is 0.150 e. The Hall–Kier alpha value is -1.82. The Morgan fingerprint density at radius 1 is 1.15 bits per heavy atom. The summed E-state index contributed by atoms with van der Waals surface area (Å²) in [5.41, 5.74) is 2.78. The van der Waals surface area contributed by atoms with Crippen LogP contribution in [0.2, 0.25) is 0 Å². The van der Waals surface area contributed by atoms with Crippen LogP contribution < -0.4 is 4.90 Å². The summed E-state index contributed by atoms with van der Waals surface area (Å²) >= 11 is 0. The zero-order valence-electron chi connectivity index (χ0n) is 11.8. The van der Waals surface area contributed by atoms with Gasteiger partial charge < -0.3 is 4.90 Å². The predicted octanol–water partition coefficient (Wildman–Crippen LogP) is 3.53. The van der Waals surface area contributed by atoms with Gasteiger partial charge in [0.1, 0.15) is 12.4 Å². The second kappa shape index (κ2) is 5.28. The summed E-state index contributed by atoms with van der Waals surface area (Å²) < 4.78 is 0. The Morgan fingerprint density at radius 2 is 1.85 bits per heavy atom. The fraction of sp³-hybridized carbons (Fsp3) is 0.529. The van der Waals surface area contributed by atoms with Crippen LogP contribution in [0.5, 0.6) is 0 Å². The summed E-state index contributed by atoms with van der Waals surface area (Å²) in [5.74, 6) is 0. The van der Waals surface area contributed by atoms with Crippen molar-refractivity contribution in [3.05, 3.63) is 29.3 Å². The van der Waals surface area contributed by atoms with Crippen molar-refractivity contribution in [3.63, 3.8) is 0 Å². The van der Waals surface area contributed by atoms with Crippen LogP contribution in [-0.2, 0) is 0 Å². The first-order valence-corrected chi connectivity index (χ1v) is 7.51. The maximum atomic E-state index is 10.8. The van der Waals surface area contributed by atoms with Gasteiger partial charge in [0.2, 0.25) is 0 Å². The lowest BCUT2D eigenvalue weighted by Crippen LogP contribution is -2.39. The zero-order chi connectivity index (χ0) is 14.0. The van der Waals surface area contributed by atoms with Crippen molar-refractivity contribution < 1.29 is 4.79 Å². The van der Waals surface area contributed by atoms with Crippen LogP contribution in [0.15, 0.2) is 18.2 Å². The molecule has 1 aliphatic carbocycles. The monoisotopic (exact) mass is 268 g/mol. The number of carbonyl (C=O) groups is 1. The third kappa shape index (κ3) is 2.31. The third-order valence-electron chi connectivity index (χ3n) is 5.11. The van der Waals surface area contributed by atoms with Crippen LogP contribution >= 0.6 is 0 Å². The quantitative estimate of drug-likeness (QED) is 0.771. The lowest BCUT2D eigenvalue weighted by Gasteiger charge is -2.40. The molecular weight excluding hydrogens is 248 g/mol. The molecule has 3 heteroatoms. The molecule has 0 bridgehead atoms. The molecule has 0 radical (unpaired) electrons. The SMILES string of the molecule is N#Cc1cc(C=O)ccc1N1CCC2(CCCC2)CC1. The van der Waals surface area contributed by atoms with Crippen LogP contribution in [0.3, 0.4) is 0 Å². The average molecular weight is 268 g/mol. The Kier molecular flexibility index (Phi) is 3.48. The Balaban J connectivity index is 1.78. The van der Waals surface area contributed by atoms with Gasteiger partial charge in [-0.15, -0.1) is 0 Å². The van der Waals surface area contributed by atoms with Gasteiger partial charge in [0.15, 0.2) is 0 Å². The van der Waals surface area contributed by atoms with Crippen molar-refractivity contribution in [3.8, 4) is 6.07 Å². The van der Waals surface area contributed by atoms with E-state index in [1.807, 2.05) is 12.1 Å². The first-order chi connectivity index (χ1) is 9.76. The minimum Gasteiger partial charge on any atom is -0.370 e. The van der Waals surface area contributed by atoms with Gasteiger partial charge in [0.05, 0.1) is 11.3 Å². The number of rotatable bonds is 2. The summed E-state index contributed by atoms with van der Waals surface area (Å²) in [6.07, 6.45) is 8.83. The molecule has 1 spiro atoms. The molecule has 0 aromatic heterocycles. The van der Waals surface area contributed by atoms with E-state index in [1.165, 1.54) is 38.5 Å². The van der Waals surface area contributed by atoms with Gasteiger partial charge in [-0.25, -0.2) is 0 Å². The van der Waals surface area contributed by atoms with Crippen LogP contribution in [-0.4, -0.2) is 19.4 Å². The highest BCUT2D eigenvalue weighted by Gasteiger charge is 2.37. The van der Waals surface area contributed by atoms with Crippen molar-refractivity contribution in [2.24, 2.45) is 5.41 Å². The van der Waals surface area contributed by atoms with Gasteiger partial charge in [-0.05, 0) is 49.3 Å². The zero-order valence-corrected chi connectivity index (χ0v) is 11.8. The van der Waals surface area contributed by atoms with Gasteiger partial charge in [-0.2, -0.15) is 5.26 Å². The third-order valence-corrected chi connectivity index (χ3v) is 5.11. The van der Waals surface area contributed by atoms with E-state index in [4.69, 9.17) is 0 Å². The number of benzene rings is 1.